The quantitative estimate of drug-likeness (QED) is 0.824. The molecule has 0 unspecified atom stereocenters. The van der Waals surface area contributed by atoms with Crippen molar-refractivity contribution >= 4 is 11.6 Å². The van der Waals surface area contributed by atoms with Crippen LogP contribution < -0.4 is 5.32 Å². The highest BCUT2D eigenvalue weighted by Crippen LogP contribution is 2.65. The molecule has 3 heteroatoms. The van der Waals surface area contributed by atoms with Gasteiger partial charge in [0, 0.05) is 6.20 Å². The molecule has 100 valence electrons. The highest BCUT2D eigenvalue weighted by molar-refractivity contribution is 5.98. The number of hydrogen-bond donors (Lipinski definition) is 1. The van der Waals surface area contributed by atoms with Gasteiger partial charge in [-0.05, 0) is 42.7 Å². The highest BCUT2D eigenvalue weighted by Gasteiger charge is 2.60. The molecule has 1 aromatic rings. The Hall–Kier alpha value is -1.64. The van der Waals surface area contributed by atoms with Gasteiger partial charge in [0.15, 0.2) is 0 Å². The fourth-order valence-electron chi connectivity index (χ4n) is 3.83. The third-order valence-corrected chi connectivity index (χ3v) is 5.24. The molecule has 2 saturated carbocycles. The smallest absolute Gasteiger partial charge is 0.234 e. The maximum Gasteiger partial charge on any atom is 0.234 e. The average molecular weight is 256 g/mol. The number of anilines is 1. The van der Waals surface area contributed by atoms with Crippen LogP contribution in [0.1, 0.15) is 33.1 Å². The lowest BCUT2D eigenvalue weighted by Gasteiger charge is -2.37. The molecular formula is C16H20N2O. The summed E-state index contributed by atoms with van der Waals surface area (Å²) in [5.74, 6) is 0.693. The van der Waals surface area contributed by atoms with Gasteiger partial charge in [-0.15, -0.1) is 0 Å². The maximum atomic E-state index is 12.7. The molecule has 1 aromatic heterocycles. The van der Waals surface area contributed by atoms with Crippen LogP contribution in [0, 0.1) is 16.7 Å². The lowest BCUT2D eigenvalue weighted by molar-refractivity contribution is -0.123. The van der Waals surface area contributed by atoms with Crippen molar-refractivity contribution in [2.75, 3.05) is 5.32 Å². The summed E-state index contributed by atoms with van der Waals surface area (Å²) in [7, 11) is 0. The first-order valence-electron chi connectivity index (χ1n) is 6.88. The van der Waals surface area contributed by atoms with E-state index in [-0.39, 0.29) is 16.7 Å². The minimum atomic E-state index is -0.357. The summed E-state index contributed by atoms with van der Waals surface area (Å²) in [5.41, 5.74) is 1.61. The number of carbonyl (C=O) groups is 1. The second-order valence-electron chi connectivity index (χ2n) is 6.42. The van der Waals surface area contributed by atoms with Crippen LogP contribution in [0.4, 0.5) is 5.69 Å². The van der Waals surface area contributed by atoms with Gasteiger partial charge in [0.1, 0.15) is 0 Å². The number of nitrogens with one attached hydrogen (secondary N) is 1. The second kappa shape index (κ2) is 3.92. The zero-order chi connectivity index (χ0) is 13.7. The third kappa shape index (κ3) is 1.64. The molecule has 0 aliphatic heterocycles. The number of aromatic nitrogens is 1. The van der Waals surface area contributed by atoms with Gasteiger partial charge in [-0.3, -0.25) is 9.78 Å². The largest absolute Gasteiger partial charge is 0.324 e. The van der Waals surface area contributed by atoms with E-state index in [1.54, 1.807) is 12.4 Å². The van der Waals surface area contributed by atoms with Gasteiger partial charge in [-0.25, -0.2) is 0 Å². The standard InChI is InChI=1S/C16H20N2O/c1-11-15(2,3)12-6-7-16(11,9-12)14(19)18-13-5-4-8-17-10-13/h4-5,8,10,12H,1,6-7,9H2,2-3H3,(H,18,19)/t12-,16-/m0/s1. The number of fused-ring (bicyclic) bond motifs is 2. The Balaban J connectivity index is 1.86. The first-order valence-corrected chi connectivity index (χ1v) is 6.88. The third-order valence-electron chi connectivity index (χ3n) is 5.24. The molecule has 0 radical (unpaired) electrons. The lowest BCUT2D eigenvalue weighted by Crippen LogP contribution is -2.37. The predicted octanol–water partition coefficient (Wildman–Crippen LogP) is 3.40. The van der Waals surface area contributed by atoms with E-state index in [0.717, 1.165) is 30.5 Å². The Morgan fingerprint density at radius 2 is 2.32 bits per heavy atom. The van der Waals surface area contributed by atoms with Gasteiger partial charge in [0.2, 0.25) is 5.91 Å². The van der Waals surface area contributed by atoms with Crippen LogP contribution in [-0.4, -0.2) is 10.9 Å². The first-order chi connectivity index (χ1) is 8.97. The number of pyridine rings is 1. The zero-order valence-electron chi connectivity index (χ0n) is 11.6. The van der Waals surface area contributed by atoms with E-state index in [1.807, 2.05) is 12.1 Å². The van der Waals surface area contributed by atoms with Crippen LogP contribution in [0.25, 0.3) is 0 Å². The van der Waals surface area contributed by atoms with Crippen LogP contribution in [0.5, 0.6) is 0 Å². The Bertz CT molecular complexity index is 535. The molecule has 1 amide bonds. The fraction of sp³-hybridized carbons (Fsp3) is 0.500. The zero-order valence-corrected chi connectivity index (χ0v) is 11.6. The van der Waals surface area contributed by atoms with Crippen LogP contribution in [-0.2, 0) is 4.79 Å². The molecule has 2 fully saturated rings. The van der Waals surface area contributed by atoms with Gasteiger partial charge < -0.3 is 5.32 Å². The van der Waals surface area contributed by atoms with Crippen molar-refractivity contribution in [1.82, 2.24) is 4.98 Å². The van der Waals surface area contributed by atoms with E-state index in [0.29, 0.717) is 5.92 Å². The number of rotatable bonds is 2. The van der Waals surface area contributed by atoms with E-state index in [2.05, 4.69) is 30.7 Å². The fourth-order valence-corrected chi connectivity index (χ4v) is 3.83. The SMILES string of the molecule is C=C1C(C)(C)[C@H]2CC[C@]1(C(=O)Nc1cccnc1)C2. The molecule has 3 rings (SSSR count). The minimum absolute atomic E-state index is 0.0878. The van der Waals surface area contributed by atoms with Crippen molar-refractivity contribution in [3.05, 3.63) is 36.7 Å². The molecule has 0 aromatic carbocycles. The summed E-state index contributed by atoms with van der Waals surface area (Å²) in [6.07, 6.45) is 6.41. The van der Waals surface area contributed by atoms with Crippen LogP contribution in [0.15, 0.2) is 36.7 Å². The molecule has 1 heterocycles. The monoisotopic (exact) mass is 256 g/mol. The molecule has 2 aliphatic rings. The first kappa shape index (κ1) is 12.4. The van der Waals surface area contributed by atoms with Gasteiger partial charge in [0.25, 0.3) is 0 Å². The van der Waals surface area contributed by atoms with E-state index >= 15 is 0 Å². The summed E-state index contributed by atoms with van der Waals surface area (Å²) in [4.78, 5) is 16.7. The van der Waals surface area contributed by atoms with Crippen molar-refractivity contribution < 1.29 is 4.79 Å². The van der Waals surface area contributed by atoms with E-state index in [4.69, 9.17) is 0 Å². The summed E-state index contributed by atoms with van der Waals surface area (Å²) in [5, 5.41) is 3.01. The summed E-state index contributed by atoms with van der Waals surface area (Å²) >= 11 is 0. The normalized spacial score (nSPS) is 31.5. The second-order valence-corrected chi connectivity index (χ2v) is 6.42. The van der Waals surface area contributed by atoms with Gasteiger partial charge >= 0.3 is 0 Å². The maximum absolute atomic E-state index is 12.7. The van der Waals surface area contributed by atoms with Crippen molar-refractivity contribution in [2.45, 2.75) is 33.1 Å². The summed E-state index contributed by atoms with van der Waals surface area (Å²) < 4.78 is 0. The van der Waals surface area contributed by atoms with Crippen molar-refractivity contribution in [3.8, 4) is 0 Å². The minimum Gasteiger partial charge on any atom is -0.324 e. The Morgan fingerprint density at radius 1 is 1.53 bits per heavy atom. The Morgan fingerprint density at radius 3 is 2.89 bits per heavy atom. The van der Waals surface area contributed by atoms with Crippen LogP contribution in [0.3, 0.4) is 0 Å². The lowest BCUT2D eigenvalue weighted by atomic mass is 9.68. The Labute approximate surface area is 114 Å². The molecule has 3 nitrogen and oxygen atoms in total. The molecule has 2 aliphatic carbocycles. The van der Waals surface area contributed by atoms with Crippen LogP contribution in [0.2, 0.25) is 0 Å². The molecule has 19 heavy (non-hydrogen) atoms. The Kier molecular flexibility index (Phi) is 2.56. The van der Waals surface area contributed by atoms with Gasteiger partial charge in [0.05, 0.1) is 17.3 Å². The number of nitrogens with zero attached hydrogens (tertiary/aromatic N) is 1. The highest BCUT2D eigenvalue weighted by atomic mass is 16.2. The number of hydrogen-bond acceptors (Lipinski definition) is 2. The van der Waals surface area contributed by atoms with Crippen molar-refractivity contribution in [3.63, 3.8) is 0 Å². The van der Waals surface area contributed by atoms with Crippen molar-refractivity contribution in [1.29, 1.82) is 0 Å². The van der Waals surface area contributed by atoms with E-state index in [9.17, 15) is 4.79 Å². The summed E-state index contributed by atoms with van der Waals surface area (Å²) in [6.45, 7) is 8.69. The molecule has 0 spiro atoms. The molecule has 1 N–H and O–H groups in total. The predicted molar refractivity (Wildman–Crippen MR) is 75.6 cm³/mol. The number of carbonyl (C=O) groups excluding carboxylic acids is 1. The van der Waals surface area contributed by atoms with Crippen molar-refractivity contribution in [2.24, 2.45) is 16.7 Å². The number of amides is 1. The molecular weight excluding hydrogens is 236 g/mol. The topological polar surface area (TPSA) is 42.0 Å². The van der Waals surface area contributed by atoms with Crippen LogP contribution >= 0.6 is 0 Å². The summed E-state index contributed by atoms with van der Waals surface area (Å²) in [6, 6.07) is 3.70. The van der Waals surface area contributed by atoms with E-state index in [1.165, 1.54) is 0 Å². The molecule has 2 bridgehead atoms. The average Bonchev–Trinajstić information content (AvgIpc) is 2.91. The van der Waals surface area contributed by atoms with E-state index < -0.39 is 0 Å². The molecule has 0 saturated heterocycles. The molecule has 2 atom stereocenters. The van der Waals surface area contributed by atoms with Gasteiger partial charge in [-0.1, -0.05) is 26.0 Å². The van der Waals surface area contributed by atoms with Gasteiger partial charge in [-0.2, -0.15) is 0 Å².